The van der Waals surface area contributed by atoms with E-state index in [1.165, 1.54) is 25.3 Å². The van der Waals surface area contributed by atoms with Gasteiger partial charge in [0.05, 0.1) is 4.47 Å². The minimum absolute atomic E-state index is 0.178. The molecule has 2 fully saturated rings. The first-order valence-corrected chi connectivity index (χ1v) is 8.30. The van der Waals surface area contributed by atoms with E-state index in [0.717, 1.165) is 18.0 Å². The lowest BCUT2D eigenvalue weighted by molar-refractivity contribution is 0.108. The van der Waals surface area contributed by atoms with Crippen molar-refractivity contribution in [1.82, 2.24) is 5.32 Å². The van der Waals surface area contributed by atoms with Gasteiger partial charge in [-0.3, -0.25) is 0 Å². The van der Waals surface area contributed by atoms with Crippen LogP contribution in [0.3, 0.4) is 0 Å². The highest BCUT2D eigenvalue weighted by molar-refractivity contribution is 9.10. The Morgan fingerprint density at radius 2 is 2.10 bits per heavy atom. The summed E-state index contributed by atoms with van der Waals surface area (Å²) in [5, 5.41) is 3.73. The van der Waals surface area contributed by atoms with Crippen LogP contribution in [0.25, 0.3) is 0 Å². The summed E-state index contributed by atoms with van der Waals surface area (Å²) in [5.74, 6) is 0.656. The smallest absolute Gasteiger partial charge is 0.137 e. The summed E-state index contributed by atoms with van der Waals surface area (Å²) in [6.45, 7) is 7.93. The molecule has 0 spiro atoms. The summed E-state index contributed by atoms with van der Waals surface area (Å²) >= 11 is 3.36. The van der Waals surface area contributed by atoms with Gasteiger partial charge < -0.3 is 5.32 Å². The summed E-state index contributed by atoms with van der Waals surface area (Å²) in [7, 11) is 0. The summed E-state index contributed by atoms with van der Waals surface area (Å²) < 4.78 is 14.2. The lowest BCUT2D eigenvalue weighted by Gasteiger charge is -2.43. The fourth-order valence-corrected chi connectivity index (χ4v) is 5.11. The van der Waals surface area contributed by atoms with Crippen LogP contribution in [0, 0.1) is 22.6 Å². The van der Waals surface area contributed by atoms with Crippen LogP contribution in [0.15, 0.2) is 22.7 Å². The van der Waals surface area contributed by atoms with Crippen LogP contribution in [-0.4, -0.2) is 6.04 Å². The van der Waals surface area contributed by atoms with E-state index in [1.807, 2.05) is 6.07 Å². The van der Waals surface area contributed by atoms with Gasteiger partial charge in [0.2, 0.25) is 0 Å². The lowest BCUT2D eigenvalue weighted by atomic mass is 9.68. The van der Waals surface area contributed by atoms with Crippen molar-refractivity contribution in [3.8, 4) is 0 Å². The van der Waals surface area contributed by atoms with Gasteiger partial charge >= 0.3 is 0 Å². The number of halogens is 2. The third-order valence-corrected chi connectivity index (χ3v) is 6.69. The minimum atomic E-state index is -0.178. The molecule has 0 heterocycles. The lowest BCUT2D eigenvalue weighted by Crippen LogP contribution is -2.49. The predicted molar refractivity (Wildman–Crippen MR) is 84.0 cm³/mol. The highest BCUT2D eigenvalue weighted by Crippen LogP contribution is 2.62. The molecule has 0 aromatic heterocycles. The molecule has 20 heavy (non-hydrogen) atoms. The molecule has 2 aliphatic rings. The van der Waals surface area contributed by atoms with Gasteiger partial charge in [-0.25, -0.2) is 4.39 Å². The predicted octanol–water partition coefficient (Wildman–Crippen LogP) is 4.89. The van der Waals surface area contributed by atoms with Crippen LogP contribution in [0.4, 0.5) is 4.39 Å². The third-order valence-electron chi connectivity index (χ3n) is 5.80. The molecule has 3 unspecified atom stereocenters. The Hall–Kier alpha value is -0.410. The van der Waals surface area contributed by atoms with Crippen molar-refractivity contribution in [3.63, 3.8) is 0 Å². The fraction of sp³-hybridized carbons (Fsp3) is 0.647. The van der Waals surface area contributed by atoms with Crippen molar-refractivity contribution in [1.29, 1.82) is 0 Å². The minimum Gasteiger partial charge on any atom is -0.309 e. The first kappa shape index (κ1) is 14.5. The number of nitrogens with one attached hydrogen (secondary N) is 1. The topological polar surface area (TPSA) is 12.0 Å². The highest BCUT2D eigenvalue weighted by atomic mass is 79.9. The molecular weight excluding hydrogens is 317 g/mol. The van der Waals surface area contributed by atoms with Gasteiger partial charge in [0.25, 0.3) is 0 Å². The number of fused-ring (bicyclic) bond motifs is 2. The van der Waals surface area contributed by atoms with Gasteiger partial charge in [0, 0.05) is 12.6 Å². The van der Waals surface area contributed by atoms with Gasteiger partial charge in [-0.2, -0.15) is 0 Å². The van der Waals surface area contributed by atoms with Crippen LogP contribution in [-0.2, 0) is 6.54 Å². The second-order valence-corrected chi connectivity index (χ2v) is 8.23. The zero-order valence-corrected chi connectivity index (χ0v) is 14.1. The van der Waals surface area contributed by atoms with Crippen LogP contribution >= 0.6 is 15.9 Å². The quantitative estimate of drug-likeness (QED) is 0.826. The largest absolute Gasteiger partial charge is 0.309 e. The summed E-state index contributed by atoms with van der Waals surface area (Å²) in [5.41, 5.74) is 1.76. The third kappa shape index (κ3) is 2.14. The summed E-state index contributed by atoms with van der Waals surface area (Å²) in [6.07, 6.45) is 4.02. The second-order valence-electron chi connectivity index (χ2n) is 7.44. The fourth-order valence-electron chi connectivity index (χ4n) is 4.71. The van der Waals surface area contributed by atoms with Gasteiger partial charge in [-0.05, 0) is 63.6 Å². The van der Waals surface area contributed by atoms with Gasteiger partial charge in [0.1, 0.15) is 5.82 Å². The van der Waals surface area contributed by atoms with Gasteiger partial charge in [-0.1, -0.05) is 32.9 Å². The standard InChI is InChI=1S/C17H23BrFN/c1-16(2)12-7-8-17(3,9-12)15(16)20-10-11-5-4-6-13(19)14(11)18/h4-6,12,15,20H,7-10H2,1-3H3. The van der Waals surface area contributed by atoms with Crippen LogP contribution < -0.4 is 5.32 Å². The Labute approximate surface area is 129 Å². The van der Waals surface area contributed by atoms with Crippen molar-refractivity contribution in [2.75, 3.05) is 0 Å². The van der Waals surface area contributed by atoms with Crippen LogP contribution in [0.5, 0.6) is 0 Å². The van der Waals surface area contributed by atoms with E-state index < -0.39 is 0 Å². The monoisotopic (exact) mass is 339 g/mol. The Bertz CT molecular complexity index is 523. The van der Waals surface area contributed by atoms with Crippen molar-refractivity contribution in [3.05, 3.63) is 34.1 Å². The SMILES string of the molecule is CC12CCC(C1)C(C)(C)C2NCc1cccc(F)c1Br. The van der Waals surface area contributed by atoms with E-state index >= 15 is 0 Å². The maximum atomic E-state index is 13.6. The molecule has 3 atom stereocenters. The van der Waals surface area contributed by atoms with Gasteiger partial charge in [-0.15, -0.1) is 0 Å². The molecular formula is C17H23BrFN. The summed E-state index contributed by atoms with van der Waals surface area (Å²) in [4.78, 5) is 0. The maximum Gasteiger partial charge on any atom is 0.137 e. The molecule has 0 saturated heterocycles. The number of hydrogen-bond acceptors (Lipinski definition) is 1. The molecule has 2 bridgehead atoms. The Morgan fingerprint density at radius 1 is 1.35 bits per heavy atom. The van der Waals surface area contributed by atoms with E-state index in [9.17, 15) is 4.39 Å². The number of hydrogen-bond donors (Lipinski definition) is 1. The Kier molecular flexibility index (Phi) is 3.49. The van der Waals surface area contributed by atoms with E-state index in [0.29, 0.717) is 21.3 Å². The zero-order valence-electron chi connectivity index (χ0n) is 12.5. The van der Waals surface area contributed by atoms with Crippen molar-refractivity contribution in [2.24, 2.45) is 16.7 Å². The van der Waals surface area contributed by atoms with Crippen molar-refractivity contribution in [2.45, 2.75) is 52.6 Å². The second kappa shape index (κ2) is 4.81. The molecule has 2 saturated carbocycles. The molecule has 3 heteroatoms. The molecule has 0 radical (unpaired) electrons. The molecule has 110 valence electrons. The molecule has 0 amide bonds. The molecule has 1 nitrogen and oxygen atoms in total. The van der Waals surface area contributed by atoms with Gasteiger partial charge in [0.15, 0.2) is 0 Å². The molecule has 0 aliphatic heterocycles. The van der Waals surface area contributed by atoms with Crippen molar-refractivity contribution >= 4 is 15.9 Å². The first-order valence-electron chi connectivity index (χ1n) is 7.51. The van der Waals surface area contributed by atoms with E-state index in [1.54, 1.807) is 6.07 Å². The Morgan fingerprint density at radius 3 is 2.75 bits per heavy atom. The van der Waals surface area contributed by atoms with E-state index in [4.69, 9.17) is 0 Å². The number of rotatable bonds is 3. The van der Waals surface area contributed by atoms with Crippen LogP contribution in [0.1, 0.15) is 45.6 Å². The molecule has 3 rings (SSSR count). The Balaban J connectivity index is 1.77. The van der Waals surface area contributed by atoms with Crippen molar-refractivity contribution < 1.29 is 4.39 Å². The van der Waals surface area contributed by atoms with Crippen LogP contribution in [0.2, 0.25) is 0 Å². The van der Waals surface area contributed by atoms with E-state index in [-0.39, 0.29) is 5.82 Å². The molecule has 1 aromatic carbocycles. The average molecular weight is 340 g/mol. The molecule has 1 N–H and O–H groups in total. The first-order chi connectivity index (χ1) is 9.34. The summed E-state index contributed by atoms with van der Waals surface area (Å²) in [6, 6.07) is 5.79. The average Bonchev–Trinajstić information content (AvgIpc) is 2.85. The van der Waals surface area contributed by atoms with E-state index in [2.05, 4.69) is 42.0 Å². The normalized spacial score (nSPS) is 34.6. The maximum absolute atomic E-state index is 13.6. The highest BCUT2D eigenvalue weighted by Gasteiger charge is 2.58. The molecule has 2 aliphatic carbocycles. The zero-order chi connectivity index (χ0) is 14.5. The molecule has 1 aromatic rings. The number of benzene rings is 1.